The van der Waals surface area contributed by atoms with Crippen molar-refractivity contribution < 1.29 is 19.1 Å². The summed E-state index contributed by atoms with van der Waals surface area (Å²) in [5, 5.41) is 4.75. The van der Waals surface area contributed by atoms with Crippen LogP contribution in [0.5, 0.6) is 11.5 Å². The molecule has 2 aromatic carbocycles. The molecule has 0 fully saturated rings. The Morgan fingerprint density at radius 3 is 2.35 bits per heavy atom. The Balaban J connectivity index is 2.05. The van der Waals surface area contributed by atoms with E-state index in [-0.39, 0.29) is 5.56 Å². The van der Waals surface area contributed by atoms with Crippen LogP contribution in [0, 0.1) is 0 Å². The fourth-order valence-corrected chi connectivity index (χ4v) is 1.95. The average molecular weight is 315 g/mol. The molecule has 3 amide bonds. The highest BCUT2D eigenvalue weighted by Crippen LogP contribution is 2.29. The van der Waals surface area contributed by atoms with Crippen molar-refractivity contribution in [3.8, 4) is 11.5 Å². The molecular weight excluding hydrogens is 298 g/mol. The van der Waals surface area contributed by atoms with Crippen molar-refractivity contribution in [2.45, 2.75) is 0 Å². The third kappa shape index (κ3) is 3.91. The van der Waals surface area contributed by atoms with Crippen LogP contribution >= 0.6 is 0 Å². The lowest BCUT2D eigenvalue weighted by molar-refractivity contribution is 0.0968. The summed E-state index contributed by atoms with van der Waals surface area (Å²) in [6.45, 7) is 0. The van der Waals surface area contributed by atoms with Gasteiger partial charge in [0.2, 0.25) is 0 Å². The Morgan fingerprint density at radius 2 is 1.70 bits per heavy atom. The van der Waals surface area contributed by atoms with Crippen LogP contribution in [-0.4, -0.2) is 26.2 Å². The first-order chi connectivity index (χ1) is 11.0. The molecule has 120 valence electrons. The van der Waals surface area contributed by atoms with Gasteiger partial charge in [-0.2, -0.15) is 0 Å². The van der Waals surface area contributed by atoms with Crippen molar-refractivity contribution >= 4 is 23.3 Å². The first kappa shape index (κ1) is 16.2. The second-order valence-electron chi connectivity index (χ2n) is 4.57. The van der Waals surface area contributed by atoms with Gasteiger partial charge in [-0.15, -0.1) is 0 Å². The molecule has 2 aromatic rings. The minimum atomic E-state index is -0.675. The number of para-hydroxylation sites is 1. The normalized spacial score (nSPS) is 9.83. The molecule has 0 unspecified atom stereocenters. The SMILES string of the molecule is COc1ccc(NC(=O)NC(=O)c2ccccc2N)cc1OC. The zero-order chi connectivity index (χ0) is 16.8. The number of carbonyl (C=O) groups excluding carboxylic acids is 2. The van der Waals surface area contributed by atoms with Crippen LogP contribution in [0.2, 0.25) is 0 Å². The number of rotatable bonds is 4. The molecule has 0 radical (unpaired) electrons. The van der Waals surface area contributed by atoms with E-state index in [0.29, 0.717) is 22.9 Å². The number of hydrogen-bond acceptors (Lipinski definition) is 5. The molecule has 23 heavy (non-hydrogen) atoms. The summed E-state index contributed by atoms with van der Waals surface area (Å²) in [7, 11) is 3.00. The van der Waals surface area contributed by atoms with E-state index in [0.717, 1.165) is 0 Å². The zero-order valence-electron chi connectivity index (χ0n) is 12.8. The molecule has 0 spiro atoms. The first-order valence-electron chi connectivity index (χ1n) is 6.74. The lowest BCUT2D eigenvalue weighted by atomic mass is 10.2. The molecule has 0 aromatic heterocycles. The average Bonchev–Trinajstić information content (AvgIpc) is 2.54. The summed E-state index contributed by atoms with van der Waals surface area (Å²) in [5.74, 6) is 0.414. The van der Waals surface area contributed by atoms with Crippen LogP contribution in [0.3, 0.4) is 0 Å². The lowest BCUT2D eigenvalue weighted by Gasteiger charge is -2.11. The van der Waals surface area contributed by atoms with Gasteiger partial charge in [-0.1, -0.05) is 12.1 Å². The Labute approximate surface area is 133 Å². The Kier molecular flexibility index (Phi) is 5.03. The number of nitrogens with one attached hydrogen (secondary N) is 2. The van der Waals surface area contributed by atoms with Crippen molar-refractivity contribution in [3.05, 3.63) is 48.0 Å². The largest absolute Gasteiger partial charge is 0.493 e. The van der Waals surface area contributed by atoms with Crippen LogP contribution < -0.4 is 25.8 Å². The van der Waals surface area contributed by atoms with Crippen molar-refractivity contribution in [1.82, 2.24) is 5.32 Å². The maximum Gasteiger partial charge on any atom is 0.326 e. The van der Waals surface area contributed by atoms with Gasteiger partial charge >= 0.3 is 6.03 Å². The quantitative estimate of drug-likeness (QED) is 0.751. The minimum Gasteiger partial charge on any atom is -0.493 e. The van der Waals surface area contributed by atoms with Gasteiger partial charge in [0.1, 0.15) is 0 Å². The number of hydrogen-bond donors (Lipinski definition) is 3. The van der Waals surface area contributed by atoms with Crippen molar-refractivity contribution in [1.29, 1.82) is 0 Å². The van der Waals surface area contributed by atoms with Gasteiger partial charge < -0.3 is 20.5 Å². The van der Waals surface area contributed by atoms with E-state index >= 15 is 0 Å². The highest BCUT2D eigenvalue weighted by Gasteiger charge is 2.13. The van der Waals surface area contributed by atoms with E-state index in [1.54, 1.807) is 36.4 Å². The summed E-state index contributed by atoms with van der Waals surface area (Å²) in [6, 6.07) is 10.7. The number of amides is 3. The number of imide groups is 1. The van der Waals surface area contributed by atoms with Gasteiger partial charge in [0.25, 0.3) is 5.91 Å². The number of methoxy groups -OCH3 is 2. The predicted molar refractivity (Wildman–Crippen MR) is 86.9 cm³/mol. The summed E-state index contributed by atoms with van der Waals surface area (Å²) < 4.78 is 10.3. The molecule has 2 rings (SSSR count). The van der Waals surface area contributed by atoms with Crippen LogP contribution in [0.1, 0.15) is 10.4 Å². The molecule has 0 saturated carbocycles. The third-order valence-electron chi connectivity index (χ3n) is 3.07. The Bertz CT molecular complexity index is 731. The van der Waals surface area contributed by atoms with Gasteiger partial charge in [-0.3, -0.25) is 10.1 Å². The fourth-order valence-electron chi connectivity index (χ4n) is 1.95. The van der Waals surface area contributed by atoms with Crippen molar-refractivity contribution in [3.63, 3.8) is 0 Å². The molecule has 0 aliphatic rings. The topological polar surface area (TPSA) is 103 Å². The van der Waals surface area contributed by atoms with E-state index in [2.05, 4.69) is 10.6 Å². The summed E-state index contributed by atoms with van der Waals surface area (Å²) in [4.78, 5) is 23.9. The number of nitrogens with two attached hydrogens (primary N) is 1. The van der Waals surface area contributed by atoms with E-state index in [1.165, 1.54) is 20.3 Å². The Morgan fingerprint density at radius 1 is 1.00 bits per heavy atom. The maximum absolute atomic E-state index is 12.0. The lowest BCUT2D eigenvalue weighted by Crippen LogP contribution is -2.34. The molecule has 0 bridgehead atoms. The molecule has 0 heterocycles. The third-order valence-corrected chi connectivity index (χ3v) is 3.07. The van der Waals surface area contributed by atoms with Gasteiger partial charge in [0, 0.05) is 17.4 Å². The van der Waals surface area contributed by atoms with Crippen LogP contribution in [0.15, 0.2) is 42.5 Å². The summed E-state index contributed by atoms with van der Waals surface area (Å²) >= 11 is 0. The molecular formula is C16H17N3O4. The molecule has 0 aliphatic heterocycles. The standard InChI is InChI=1S/C16H17N3O4/c1-22-13-8-7-10(9-14(13)23-2)18-16(21)19-15(20)11-5-3-4-6-12(11)17/h3-9H,17H2,1-2H3,(H2,18,19,20,21). The van der Waals surface area contributed by atoms with Gasteiger partial charge in [-0.05, 0) is 24.3 Å². The number of ether oxygens (including phenoxy) is 2. The van der Waals surface area contributed by atoms with Crippen LogP contribution in [0.4, 0.5) is 16.2 Å². The maximum atomic E-state index is 12.0. The Hall–Kier alpha value is -3.22. The number of urea groups is 1. The second-order valence-corrected chi connectivity index (χ2v) is 4.57. The van der Waals surface area contributed by atoms with Crippen molar-refractivity contribution in [2.75, 3.05) is 25.3 Å². The minimum absolute atomic E-state index is 0.231. The second kappa shape index (κ2) is 7.17. The van der Waals surface area contributed by atoms with E-state index in [9.17, 15) is 9.59 Å². The monoisotopic (exact) mass is 315 g/mol. The van der Waals surface area contributed by atoms with Crippen LogP contribution in [-0.2, 0) is 0 Å². The van der Waals surface area contributed by atoms with E-state index in [1.807, 2.05) is 0 Å². The molecule has 0 atom stereocenters. The zero-order valence-corrected chi connectivity index (χ0v) is 12.8. The number of carbonyl (C=O) groups is 2. The van der Waals surface area contributed by atoms with Gasteiger partial charge in [-0.25, -0.2) is 4.79 Å². The predicted octanol–water partition coefficient (Wildman–Crippen LogP) is 2.25. The van der Waals surface area contributed by atoms with Crippen molar-refractivity contribution in [2.24, 2.45) is 0 Å². The van der Waals surface area contributed by atoms with Gasteiger partial charge in [0.05, 0.1) is 19.8 Å². The van der Waals surface area contributed by atoms with Gasteiger partial charge in [0.15, 0.2) is 11.5 Å². The smallest absolute Gasteiger partial charge is 0.326 e. The molecule has 7 nitrogen and oxygen atoms in total. The summed E-state index contributed by atoms with van der Waals surface area (Å²) in [6.07, 6.45) is 0. The molecule has 0 aliphatic carbocycles. The number of anilines is 2. The molecule has 7 heteroatoms. The number of benzene rings is 2. The molecule has 0 saturated heterocycles. The highest BCUT2D eigenvalue weighted by atomic mass is 16.5. The first-order valence-corrected chi connectivity index (χ1v) is 6.74. The van der Waals surface area contributed by atoms with Crippen LogP contribution in [0.25, 0.3) is 0 Å². The van der Waals surface area contributed by atoms with E-state index in [4.69, 9.17) is 15.2 Å². The number of nitrogen functional groups attached to an aromatic ring is 1. The fraction of sp³-hybridized carbons (Fsp3) is 0.125. The highest BCUT2D eigenvalue weighted by molar-refractivity contribution is 6.10. The summed E-state index contributed by atoms with van der Waals surface area (Å²) in [5.41, 5.74) is 6.68. The van der Waals surface area contributed by atoms with E-state index < -0.39 is 11.9 Å². The molecule has 4 N–H and O–H groups in total.